The molecular formula is C26H38N2O6. The van der Waals surface area contributed by atoms with Crippen molar-refractivity contribution in [2.24, 2.45) is 11.3 Å². The van der Waals surface area contributed by atoms with Crippen molar-refractivity contribution in [2.75, 3.05) is 38.3 Å². The summed E-state index contributed by atoms with van der Waals surface area (Å²) in [6.07, 6.45) is 7.78. The minimum atomic E-state index is -0.581. The van der Waals surface area contributed by atoms with Crippen LogP contribution in [-0.2, 0) is 35.1 Å². The van der Waals surface area contributed by atoms with Gasteiger partial charge in [0.15, 0.2) is 0 Å². The molecule has 1 fully saturated rings. The first kappa shape index (κ1) is 27.7. The molecule has 1 saturated carbocycles. The molecule has 0 bridgehead atoms. The maximum atomic E-state index is 12.2. The Labute approximate surface area is 202 Å². The Morgan fingerprint density at radius 3 is 2.32 bits per heavy atom. The second kappa shape index (κ2) is 15.3. The van der Waals surface area contributed by atoms with Crippen molar-refractivity contribution in [2.45, 2.75) is 58.3 Å². The normalized spacial score (nSPS) is 15.4. The van der Waals surface area contributed by atoms with E-state index in [0.29, 0.717) is 50.8 Å². The molecule has 8 nitrogen and oxygen atoms in total. The average molecular weight is 475 g/mol. The molecule has 0 heterocycles. The number of rotatable bonds is 17. The first-order valence-corrected chi connectivity index (χ1v) is 12.2. The fourth-order valence-electron chi connectivity index (χ4n) is 4.23. The number of ether oxygens (including phenoxy) is 2. The molecule has 1 unspecified atom stereocenters. The van der Waals surface area contributed by atoms with Gasteiger partial charge in [-0.25, -0.2) is 0 Å². The molecule has 1 aromatic carbocycles. The molecule has 2 N–H and O–H groups in total. The lowest BCUT2D eigenvalue weighted by Gasteiger charge is -2.29. The Kier molecular flexibility index (Phi) is 12.5. The summed E-state index contributed by atoms with van der Waals surface area (Å²) in [5.41, 5.74) is 1.18. The molecule has 0 aliphatic heterocycles. The molecule has 1 atom stereocenters. The third-order valence-corrected chi connectivity index (χ3v) is 6.30. The highest BCUT2D eigenvalue weighted by atomic mass is 16.5. The summed E-state index contributed by atoms with van der Waals surface area (Å²) in [6, 6.07) is 7.43. The molecule has 0 saturated heterocycles. The van der Waals surface area contributed by atoms with Crippen LogP contribution >= 0.6 is 0 Å². The van der Waals surface area contributed by atoms with Gasteiger partial charge in [-0.05, 0) is 42.9 Å². The summed E-state index contributed by atoms with van der Waals surface area (Å²) in [4.78, 5) is 46.2. The number of aldehydes is 2. The lowest BCUT2D eigenvalue weighted by atomic mass is 9.74. The number of hydrogen-bond acceptors (Lipinski definition) is 6. The Bertz CT molecular complexity index is 776. The molecule has 0 aromatic heterocycles. The van der Waals surface area contributed by atoms with Gasteiger partial charge in [0.1, 0.15) is 12.6 Å². The molecule has 8 heteroatoms. The number of carbonyl (C=O) groups is 4. The highest BCUT2D eigenvalue weighted by Crippen LogP contribution is 2.40. The summed E-state index contributed by atoms with van der Waals surface area (Å²) in [7, 11) is 0. The van der Waals surface area contributed by atoms with Gasteiger partial charge >= 0.3 is 0 Å². The van der Waals surface area contributed by atoms with Crippen LogP contribution in [0.25, 0.3) is 0 Å². The third-order valence-electron chi connectivity index (χ3n) is 6.30. The maximum absolute atomic E-state index is 12.2. The first-order valence-electron chi connectivity index (χ1n) is 12.2. The zero-order chi connectivity index (χ0) is 24.7. The minimum Gasteiger partial charge on any atom is -0.379 e. The van der Waals surface area contributed by atoms with Gasteiger partial charge in [-0.2, -0.15) is 0 Å². The monoisotopic (exact) mass is 474 g/mol. The minimum absolute atomic E-state index is 0.122. The summed E-state index contributed by atoms with van der Waals surface area (Å²) in [5, 5.41) is 5.63. The molecule has 0 radical (unpaired) electrons. The highest BCUT2D eigenvalue weighted by molar-refractivity contribution is 5.90. The summed E-state index contributed by atoms with van der Waals surface area (Å²) in [5.74, 6) is 0.0400. The van der Waals surface area contributed by atoms with E-state index in [4.69, 9.17) is 9.47 Å². The molecule has 1 aromatic rings. The molecule has 1 aliphatic carbocycles. The van der Waals surface area contributed by atoms with Gasteiger partial charge in [-0.3, -0.25) is 9.59 Å². The lowest BCUT2D eigenvalue weighted by molar-refractivity contribution is -0.129. The number of amides is 2. The Balaban J connectivity index is 1.47. The van der Waals surface area contributed by atoms with Crippen molar-refractivity contribution in [1.82, 2.24) is 5.32 Å². The smallest absolute Gasteiger partial charge is 0.226 e. The quantitative estimate of drug-likeness (QED) is 0.265. The van der Waals surface area contributed by atoms with Crippen LogP contribution < -0.4 is 10.6 Å². The fraction of sp³-hybridized carbons (Fsp3) is 0.615. The van der Waals surface area contributed by atoms with Gasteiger partial charge < -0.3 is 29.7 Å². The zero-order valence-corrected chi connectivity index (χ0v) is 20.2. The largest absolute Gasteiger partial charge is 0.379 e. The Hall–Kier alpha value is -2.58. The summed E-state index contributed by atoms with van der Waals surface area (Å²) >= 11 is 0. The van der Waals surface area contributed by atoms with E-state index in [-0.39, 0.29) is 31.3 Å². The van der Waals surface area contributed by atoms with Gasteiger partial charge in [0, 0.05) is 30.5 Å². The van der Waals surface area contributed by atoms with Crippen LogP contribution in [0.5, 0.6) is 0 Å². The van der Waals surface area contributed by atoms with Crippen LogP contribution in [0.1, 0.15) is 57.4 Å². The van der Waals surface area contributed by atoms with Gasteiger partial charge in [0.25, 0.3) is 0 Å². The molecule has 188 valence electrons. The average Bonchev–Trinajstić information content (AvgIpc) is 3.38. The molecule has 2 amide bonds. The van der Waals surface area contributed by atoms with E-state index in [1.165, 1.54) is 0 Å². The van der Waals surface area contributed by atoms with E-state index in [0.717, 1.165) is 43.8 Å². The Morgan fingerprint density at radius 2 is 1.68 bits per heavy atom. The van der Waals surface area contributed by atoms with Crippen molar-refractivity contribution >= 4 is 30.1 Å². The number of aryl methyl sites for hydroxylation is 1. The van der Waals surface area contributed by atoms with Crippen molar-refractivity contribution in [3.63, 3.8) is 0 Å². The highest BCUT2D eigenvalue weighted by Gasteiger charge is 2.37. The number of carbonyl (C=O) groups excluding carboxylic acids is 4. The van der Waals surface area contributed by atoms with E-state index in [9.17, 15) is 19.2 Å². The van der Waals surface area contributed by atoms with Crippen molar-refractivity contribution in [1.29, 1.82) is 0 Å². The molecule has 0 spiro atoms. The molecule has 34 heavy (non-hydrogen) atoms. The predicted molar refractivity (Wildman–Crippen MR) is 129 cm³/mol. The lowest BCUT2D eigenvalue weighted by Crippen LogP contribution is -2.36. The van der Waals surface area contributed by atoms with Crippen molar-refractivity contribution in [3.8, 4) is 0 Å². The molecular weight excluding hydrogens is 436 g/mol. The van der Waals surface area contributed by atoms with E-state index < -0.39 is 5.41 Å². The summed E-state index contributed by atoms with van der Waals surface area (Å²) in [6.45, 7) is 3.64. The van der Waals surface area contributed by atoms with E-state index in [2.05, 4.69) is 10.6 Å². The SMILES string of the molecule is CC(C=O)(CC(=O)NCCOCCOCCC(=O)Nc1ccc(CCC=O)cc1)C1CCCC1. The van der Waals surface area contributed by atoms with Gasteiger partial charge in [-0.1, -0.05) is 31.9 Å². The second-order valence-corrected chi connectivity index (χ2v) is 9.06. The van der Waals surface area contributed by atoms with E-state index in [1.807, 2.05) is 31.2 Å². The molecule has 1 aliphatic rings. The Morgan fingerprint density at radius 1 is 1.00 bits per heavy atom. The van der Waals surface area contributed by atoms with Crippen LogP contribution in [0.15, 0.2) is 24.3 Å². The standard InChI is InChI=1S/C26H38N2O6/c1-26(20-30,22-6-2-3-7-22)19-25(32)27-13-16-34-18-17-33-15-12-24(31)28-23-10-8-21(9-11-23)5-4-14-29/h8-11,14,20,22H,2-7,12-13,15-19H2,1H3,(H,27,32)(H,28,31). The van der Waals surface area contributed by atoms with Crippen LogP contribution in [0.4, 0.5) is 5.69 Å². The van der Waals surface area contributed by atoms with E-state index in [1.54, 1.807) is 0 Å². The van der Waals surface area contributed by atoms with Crippen LogP contribution in [-0.4, -0.2) is 57.4 Å². The fourth-order valence-corrected chi connectivity index (χ4v) is 4.23. The second-order valence-electron chi connectivity index (χ2n) is 9.06. The zero-order valence-electron chi connectivity index (χ0n) is 20.2. The van der Waals surface area contributed by atoms with Crippen LogP contribution in [0.2, 0.25) is 0 Å². The molecule has 2 rings (SSSR count). The topological polar surface area (TPSA) is 111 Å². The third kappa shape index (κ3) is 10.1. The van der Waals surface area contributed by atoms with Crippen LogP contribution in [0, 0.1) is 11.3 Å². The van der Waals surface area contributed by atoms with Gasteiger partial charge in [-0.15, -0.1) is 0 Å². The van der Waals surface area contributed by atoms with Crippen molar-refractivity contribution in [3.05, 3.63) is 29.8 Å². The maximum Gasteiger partial charge on any atom is 0.226 e. The van der Waals surface area contributed by atoms with Gasteiger partial charge in [0.2, 0.25) is 11.8 Å². The number of benzene rings is 1. The predicted octanol–water partition coefficient (Wildman–Crippen LogP) is 3.08. The van der Waals surface area contributed by atoms with Crippen molar-refractivity contribution < 1.29 is 28.7 Å². The first-order chi connectivity index (χ1) is 16.5. The number of hydrogen-bond donors (Lipinski definition) is 2. The van der Waals surface area contributed by atoms with E-state index >= 15 is 0 Å². The number of nitrogens with one attached hydrogen (secondary N) is 2. The van der Waals surface area contributed by atoms with Gasteiger partial charge in [0.05, 0.1) is 32.8 Å². The van der Waals surface area contributed by atoms with Crippen LogP contribution in [0.3, 0.4) is 0 Å². The summed E-state index contributed by atoms with van der Waals surface area (Å²) < 4.78 is 10.9. The number of anilines is 1.